The van der Waals surface area contributed by atoms with Crippen LogP contribution in [0.4, 0.5) is 9.59 Å². The Bertz CT molecular complexity index is 446. The Morgan fingerprint density at radius 1 is 1.11 bits per heavy atom. The number of benzene rings is 1. The summed E-state index contributed by atoms with van der Waals surface area (Å²) in [5.74, 6) is 0.295. The Morgan fingerprint density at radius 3 is 2.28 bits per heavy atom. The fourth-order valence-corrected chi connectivity index (χ4v) is 1.35. The molecular weight excluding hydrogens is 240 g/mol. The first-order valence-electron chi connectivity index (χ1n) is 5.19. The zero-order valence-corrected chi connectivity index (χ0v) is 10.3. The first kappa shape index (κ1) is 13.8. The average Bonchev–Trinajstić information content (AvgIpc) is 2.25. The van der Waals surface area contributed by atoms with Crippen molar-refractivity contribution in [2.45, 2.75) is 26.2 Å². The zero-order chi connectivity index (χ0) is 13.8. The minimum atomic E-state index is -1.73. The van der Waals surface area contributed by atoms with Gasteiger partial charge in [-0.1, -0.05) is 39.0 Å². The minimum absolute atomic E-state index is 0.232. The average molecular weight is 254 g/mol. The van der Waals surface area contributed by atoms with Gasteiger partial charge in [-0.15, -0.1) is 0 Å². The molecule has 0 atom stereocenters. The predicted octanol–water partition coefficient (Wildman–Crippen LogP) is 3.11. The fourth-order valence-electron chi connectivity index (χ4n) is 1.35. The summed E-state index contributed by atoms with van der Waals surface area (Å²) in [7, 11) is 0. The molecule has 18 heavy (non-hydrogen) atoms. The van der Waals surface area contributed by atoms with Gasteiger partial charge in [0, 0.05) is 5.56 Å². The maximum absolute atomic E-state index is 11.2. The summed E-state index contributed by atoms with van der Waals surface area (Å²) in [5.41, 5.74) is 0.558. The summed E-state index contributed by atoms with van der Waals surface area (Å²) in [4.78, 5) is 28.7. The van der Waals surface area contributed by atoms with Crippen LogP contribution in [0.2, 0.25) is 0 Å². The maximum Gasteiger partial charge on any atom is 0.555 e. The van der Waals surface area contributed by atoms with Gasteiger partial charge in [0.2, 0.25) is 0 Å². The molecule has 0 amide bonds. The fraction of sp³-hybridized carbons (Fsp3) is 0.333. The van der Waals surface area contributed by atoms with E-state index in [1.165, 1.54) is 0 Å². The molecule has 6 nitrogen and oxygen atoms in total. The molecule has 0 aromatic heterocycles. The number of hydrogen-bond acceptors (Lipinski definition) is 5. The van der Waals surface area contributed by atoms with Crippen LogP contribution in [0.3, 0.4) is 0 Å². The molecule has 1 aromatic carbocycles. The van der Waals surface area contributed by atoms with E-state index < -0.39 is 12.3 Å². The standard InChI is InChI=1S/C12H14O6/c1-12(2,3)8-6-4-5-7-9(8)16-11(15)18-17-10(13)14/h4-7H,1-3H3,(H,13,14). The van der Waals surface area contributed by atoms with Crippen LogP contribution in [-0.2, 0) is 15.2 Å². The molecule has 0 bridgehead atoms. The molecule has 0 radical (unpaired) electrons. The number of rotatable bonds is 1. The SMILES string of the molecule is CC(C)(C)c1ccccc1OC(=O)OOC(=O)O. The molecule has 0 aliphatic rings. The van der Waals surface area contributed by atoms with Crippen molar-refractivity contribution in [3.8, 4) is 5.75 Å². The van der Waals surface area contributed by atoms with Gasteiger partial charge in [0.25, 0.3) is 0 Å². The molecule has 1 N–H and O–H groups in total. The van der Waals surface area contributed by atoms with Crippen molar-refractivity contribution in [2.75, 3.05) is 0 Å². The molecule has 0 aliphatic heterocycles. The van der Waals surface area contributed by atoms with Crippen molar-refractivity contribution in [3.05, 3.63) is 29.8 Å². The van der Waals surface area contributed by atoms with Crippen LogP contribution in [-0.4, -0.2) is 17.4 Å². The van der Waals surface area contributed by atoms with E-state index in [0.717, 1.165) is 5.56 Å². The van der Waals surface area contributed by atoms with Gasteiger partial charge in [0.15, 0.2) is 0 Å². The molecule has 0 fully saturated rings. The number of carbonyl (C=O) groups is 2. The quantitative estimate of drug-likeness (QED) is 0.359. The maximum atomic E-state index is 11.2. The number of ether oxygens (including phenoxy) is 1. The second-order valence-corrected chi connectivity index (χ2v) is 4.53. The van der Waals surface area contributed by atoms with Crippen molar-refractivity contribution in [1.29, 1.82) is 0 Å². The Balaban J connectivity index is 2.79. The first-order chi connectivity index (χ1) is 8.30. The van der Waals surface area contributed by atoms with Gasteiger partial charge in [0.05, 0.1) is 0 Å². The molecule has 98 valence electrons. The van der Waals surface area contributed by atoms with Crippen LogP contribution in [0, 0.1) is 0 Å². The first-order valence-corrected chi connectivity index (χ1v) is 5.19. The third kappa shape index (κ3) is 3.97. The van der Waals surface area contributed by atoms with Gasteiger partial charge in [-0.3, -0.25) is 0 Å². The van der Waals surface area contributed by atoms with Crippen molar-refractivity contribution in [1.82, 2.24) is 0 Å². The second kappa shape index (κ2) is 5.39. The molecule has 1 rings (SSSR count). The summed E-state index contributed by atoms with van der Waals surface area (Å²) in [6.07, 6.45) is -2.97. The largest absolute Gasteiger partial charge is 0.555 e. The predicted molar refractivity (Wildman–Crippen MR) is 61.4 cm³/mol. The van der Waals surface area contributed by atoms with Crippen LogP contribution in [0.1, 0.15) is 26.3 Å². The van der Waals surface area contributed by atoms with E-state index in [4.69, 9.17) is 9.84 Å². The normalized spacial score (nSPS) is 10.6. The van der Waals surface area contributed by atoms with Gasteiger partial charge < -0.3 is 9.84 Å². The van der Waals surface area contributed by atoms with Gasteiger partial charge in [-0.05, 0) is 11.5 Å². The summed E-state index contributed by atoms with van der Waals surface area (Å²) in [6.45, 7) is 5.86. The summed E-state index contributed by atoms with van der Waals surface area (Å²) >= 11 is 0. The van der Waals surface area contributed by atoms with Crippen molar-refractivity contribution < 1.29 is 29.2 Å². The third-order valence-corrected chi connectivity index (χ3v) is 2.07. The number of carbonyl (C=O) groups excluding carboxylic acids is 1. The molecule has 0 unspecified atom stereocenters. The van der Waals surface area contributed by atoms with Crippen molar-refractivity contribution in [2.24, 2.45) is 0 Å². The monoisotopic (exact) mass is 254 g/mol. The van der Waals surface area contributed by atoms with E-state index >= 15 is 0 Å². The topological polar surface area (TPSA) is 82.1 Å². The highest BCUT2D eigenvalue weighted by atomic mass is 17.3. The Kier molecular flexibility index (Phi) is 4.14. The molecule has 0 heterocycles. The number of hydrogen-bond donors (Lipinski definition) is 1. The lowest BCUT2D eigenvalue weighted by molar-refractivity contribution is -0.205. The number of para-hydroxylation sites is 1. The highest BCUT2D eigenvalue weighted by Gasteiger charge is 2.21. The van der Waals surface area contributed by atoms with Gasteiger partial charge in [-0.25, -0.2) is 9.68 Å². The van der Waals surface area contributed by atoms with E-state index in [9.17, 15) is 9.59 Å². The minimum Gasteiger partial charge on any atom is -0.447 e. The van der Waals surface area contributed by atoms with Crippen LogP contribution in [0.15, 0.2) is 24.3 Å². The van der Waals surface area contributed by atoms with Crippen molar-refractivity contribution >= 4 is 12.3 Å². The smallest absolute Gasteiger partial charge is 0.447 e. The van der Waals surface area contributed by atoms with E-state index in [2.05, 4.69) is 9.78 Å². The van der Waals surface area contributed by atoms with E-state index in [0.29, 0.717) is 5.75 Å². The van der Waals surface area contributed by atoms with Crippen LogP contribution >= 0.6 is 0 Å². The Morgan fingerprint density at radius 2 is 1.72 bits per heavy atom. The highest BCUT2D eigenvalue weighted by Crippen LogP contribution is 2.31. The second-order valence-electron chi connectivity index (χ2n) is 4.53. The lowest BCUT2D eigenvalue weighted by atomic mass is 9.86. The molecular formula is C12H14O6. The Labute approximate surface area is 104 Å². The van der Waals surface area contributed by atoms with Crippen LogP contribution in [0.5, 0.6) is 5.75 Å². The van der Waals surface area contributed by atoms with Crippen LogP contribution in [0.25, 0.3) is 0 Å². The summed E-state index contributed by atoms with van der Waals surface area (Å²) in [5, 5.41) is 8.16. The Hall–Kier alpha value is -2.24. The lowest BCUT2D eigenvalue weighted by Crippen LogP contribution is -2.18. The third-order valence-electron chi connectivity index (χ3n) is 2.07. The zero-order valence-electron chi connectivity index (χ0n) is 10.3. The van der Waals surface area contributed by atoms with Gasteiger partial charge in [0.1, 0.15) is 5.75 Å². The van der Waals surface area contributed by atoms with E-state index in [-0.39, 0.29) is 5.41 Å². The van der Waals surface area contributed by atoms with Gasteiger partial charge >= 0.3 is 12.3 Å². The highest BCUT2D eigenvalue weighted by molar-refractivity contribution is 5.66. The molecule has 0 saturated heterocycles. The molecule has 6 heteroatoms. The summed E-state index contributed by atoms with van der Waals surface area (Å²) < 4.78 is 4.87. The molecule has 0 saturated carbocycles. The lowest BCUT2D eigenvalue weighted by Gasteiger charge is -2.21. The van der Waals surface area contributed by atoms with Gasteiger partial charge in [-0.2, -0.15) is 9.68 Å². The van der Waals surface area contributed by atoms with E-state index in [1.807, 2.05) is 26.8 Å². The summed E-state index contributed by atoms with van der Waals surface area (Å²) in [6, 6.07) is 6.89. The molecule has 1 aromatic rings. The van der Waals surface area contributed by atoms with Crippen molar-refractivity contribution in [3.63, 3.8) is 0 Å². The number of carboxylic acid groups (broad SMARTS) is 1. The van der Waals surface area contributed by atoms with E-state index in [1.54, 1.807) is 18.2 Å². The molecule has 0 spiro atoms. The van der Waals surface area contributed by atoms with Crippen LogP contribution < -0.4 is 4.74 Å². The molecule has 0 aliphatic carbocycles.